The average molecular weight is 369 g/mol. The van der Waals surface area contributed by atoms with Gasteiger partial charge in [-0.3, -0.25) is 4.79 Å². The Bertz CT molecular complexity index is 655. The molecule has 0 radical (unpaired) electrons. The van der Waals surface area contributed by atoms with Crippen molar-refractivity contribution in [3.63, 3.8) is 0 Å². The number of benzene rings is 1. The number of hydrogen-bond donors (Lipinski definition) is 2. The molecule has 112 valence electrons. The highest BCUT2D eigenvalue weighted by atomic mass is 79.9. The smallest absolute Gasteiger partial charge is 0.176 e. The fourth-order valence-electron chi connectivity index (χ4n) is 1.93. The second-order valence-electron chi connectivity index (χ2n) is 4.43. The molecule has 0 aliphatic rings. The van der Waals surface area contributed by atoms with E-state index in [2.05, 4.69) is 21.2 Å². The summed E-state index contributed by atoms with van der Waals surface area (Å²) < 4.78 is 6.36. The molecular formula is C15H17BrN2O2S. The zero-order chi connectivity index (χ0) is 15.4. The number of rotatable bonds is 6. The summed E-state index contributed by atoms with van der Waals surface area (Å²) >= 11 is 4.86. The lowest BCUT2D eigenvalue weighted by Crippen LogP contribution is -2.00. The number of ether oxygens (including phenoxy) is 1. The van der Waals surface area contributed by atoms with Gasteiger partial charge >= 0.3 is 0 Å². The first kappa shape index (κ1) is 15.9. The standard InChI is InChI=1S/C15H17BrN2O2S/c1-3-11(19)14-12(17)13(20-2)15(21-14)18-8-9-6-4-5-7-10(9)16/h4-7,18H,3,8,17H2,1-2H3. The predicted octanol–water partition coefficient (Wildman–Crippen LogP) is 4.31. The zero-order valence-electron chi connectivity index (χ0n) is 11.9. The maximum absolute atomic E-state index is 11.9. The monoisotopic (exact) mass is 368 g/mol. The molecule has 2 rings (SSSR count). The van der Waals surface area contributed by atoms with Crippen LogP contribution in [-0.4, -0.2) is 12.9 Å². The van der Waals surface area contributed by atoms with Crippen molar-refractivity contribution in [2.24, 2.45) is 0 Å². The molecule has 0 unspecified atom stereocenters. The molecule has 0 bridgehead atoms. The molecule has 3 N–H and O–H groups in total. The van der Waals surface area contributed by atoms with E-state index in [0.717, 1.165) is 15.0 Å². The van der Waals surface area contributed by atoms with Gasteiger partial charge in [0, 0.05) is 17.4 Å². The molecule has 0 fully saturated rings. The van der Waals surface area contributed by atoms with Gasteiger partial charge in [-0.15, -0.1) is 11.3 Å². The number of nitrogens with two attached hydrogens (primary N) is 1. The molecule has 0 atom stereocenters. The van der Waals surface area contributed by atoms with Crippen LogP contribution in [0.3, 0.4) is 0 Å². The molecule has 0 saturated heterocycles. The highest BCUT2D eigenvalue weighted by molar-refractivity contribution is 9.10. The van der Waals surface area contributed by atoms with Crippen LogP contribution in [0.25, 0.3) is 0 Å². The first-order chi connectivity index (χ1) is 10.1. The van der Waals surface area contributed by atoms with E-state index in [1.165, 1.54) is 11.3 Å². The molecule has 4 nitrogen and oxygen atoms in total. The Kier molecular flexibility index (Phi) is 5.25. The number of anilines is 2. The van der Waals surface area contributed by atoms with E-state index in [9.17, 15) is 4.79 Å². The fourth-order valence-corrected chi connectivity index (χ4v) is 3.45. The molecule has 0 saturated carbocycles. The molecule has 1 aromatic heterocycles. The van der Waals surface area contributed by atoms with Crippen LogP contribution in [0.2, 0.25) is 0 Å². The van der Waals surface area contributed by atoms with Gasteiger partial charge in [-0.25, -0.2) is 0 Å². The Morgan fingerprint density at radius 1 is 1.43 bits per heavy atom. The maximum Gasteiger partial charge on any atom is 0.176 e. The maximum atomic E-state index is 11.9. The molecule has 2 aromatic rings. The SMILES string of the molecule is CCC(=O)c1sc(NCc2ccccc2Br)c(OC)c1N. The Morgan fingerprint density at radius 2 is 2.14 bits per heavy atom. The number of ketones is 1. The molecule has 0 aliphatic heterocycles. The van der Waals surface area contributed by atoms with Crippen molar-refractivity contribution in [2.45, 2.75) is 19.9 Å². The Morgan fingerprint density at radius 3 is 2.76 bits per heavy atom. The number of hydrogen-bond acceptors (Lipinski definition) is 5. The first-order valence-electron chi connectivity index (χ1n) is 6.55. The van der Waals surface area contributed by atoms with E-state index >= 15 is 0 Å². The summed E-state index contributed by atoms with van der Waals surface area (Å²) in [5.41, 5.74) is 7.55. The van der Waals surface area contributed by atoms with Gasteiger partial charge in [-0.2, -0.15) is 0 Å². The number of nitrogens with one attached hydrogen (secondary N) is 1. The second kappa shape index (κ2) is 6.95. The van der Waals surface area contributed by atoms with Gasteiger partial charge in [0.1, 0.15) is 5.00 Å². The fraction of sp³-hybridized carbons (Fsp3) is 0.267. The lowest BCUT2D eigenvalue weighted by molar-refractivity contribution is 0.0992. The number of carbonyl (C=O) groups excluding carboxylic acids is 1. The summed E-state index contributed by atoms with van der Waals surface area (Å²) in [6.45, 7) is 2.44. The van der Waals surface area contributed by atoms with Crippen molar-refractivity contribution in [1.29, 1.82) is 0 Å². The van der Waals surface area contributed by atoms with Crippen LogP contribution in [0.4, 0.5) is 10.7 Å². The summed E-state index contributed by atoms with van der Waals surface area (Å²) in [4.78, 5) is 12.4. The van der Waals surface area contributed by atoms with Crippen LogP contribution in [0.5, 0.6) is 5.75 Å². The Labute approximate surface area is 136 Å². The number of thiophene rings is 1. The van der Waals surface area contributed by atoms with Gasteiger partial charge in [0.05, 0.1) is 17.7 Å². The topological polar surface area (TPSA) is 64.3 Å². The number of carbonyl (C=O) groups is 1. The third kappa shape index (κ3) is 3.39. The molecule has 1 aromatic carbocycles. The second-order valence-corrected chi connectivity index (χ2v) is 6.30. The molecule has 21 heavy (non-hydrogen) atoms. The molecule has 1 heterocycles. The van der Waals surface area contributed by atoms with E-state index in [1.54, 1.807) is 7.11 Å². The van der Waals surface area contributed by atoms with Crippen LogP contribution in [-0.2, 0) is 6.54 Å². The third-order valence-electron chi connectivity index (χ3n) is 3.08. The van der Waals surface area contributed by atoms with E-state index in [1.807, 2.05) is 31.2 Å². The van der Waals surface area contributed by atoms with Gasteiger partial charge in [0.2, 0.25) is 0 Å². The zero-order valence-corrected chi connectivity index (χ0v) is 14.3. The first-order valence-corrected chi connectivity index (χ1v) is 8.16. The summed E-state index contributed by atoms with van der Waals surface area (Å²) in [6.07, 6.45) is 0.428. The summed E-state index contributed by atoms with van der Waals surface area (Å²) in [6, 6.07) is 7.96. The molecular weight excluding hydrogens is 352 g/mol. The van der Waals surface area contributed by atoms with Crippen LogP contribution >= 0.6 is 27.3 Å². The molecule has 0 amide bonds. The summed E-state index contributed by atoms with van der Waals surface area (Å²) in [5, 5.41) is 4.07. The van der Waals surface area contributed by atoms with E-state index in [-0.39, 0.29) is 5.78 Å². The lowest BCUT2D eigenvalue weighted by atomic mass is 10.2. The van der Waals surface area contributed by atoms with Crippen molar-refractivity contribution in [3.05, 3.63) is 39.2 Å². The van der Waals surface area contributed by atoms with Crippen molar-refractivity contribution < 1.29 is 9.53 Å². The number of Topliss-reactive ketones (excluding diaryl/α,β-unsaturated/α-hetero) is 1. The minimum atomic E-state index is 0.0322. The number of methoxy groups -OCH3 is 1. The van der Waals surface area contributed by atoms with E-state index < -0.39 is 0 Å². The highest BCUT2D eigenvalue weighted by Gasteiger charge is 2.20. The Balaban J connectivity index is 2.24. The van der Waals surface area contributed by atoms with Gasteiger partial charge in [0.15, 0.2) is 11.5 Å². The number of halogens is 1. The van der Waals surface area contributed by atoms with Crippen LogP contribution in [0.15, 0.2) is 28.7 Å². The largest absolute Gasteiger partial charge is 0.492 e. The van der Waals surface area contributed by atoms with Crippen molar-refractivity contribution in [1.82, 2.24) is 0 Å². The van der Waals surface area contributed by atoms with Gasteiger partial charge < -0.3 is 15.8 Å². The van der Waals surface area contributed by atoms with Gasteiger partial charge in [-0.05, 0) is 11.6 Å². The van der Waals surface area contributed by atoms with Crippen LogP contribution in [0.1, 0.15) is 28.6 Å². The minimum Gasteiger partial charge on any atom is -0.492 e. The summed E-state index contributed by atoms with van der Waals surface area (Å²) in [5.74, 6) is 0.577. The molecule has 0 spiro atoms. The van der Waals surface area contributed by atoms with Crippen molar-refractivity contribution in [3.8, 4) is 5.75 Å². The minimum absolute atomic E-state index is 0.0322. The third-order valence-corrected chi connectivity index (χ3v) is 5.03. The van der Waals surface area contributed by atoms with E-state index in [0.29, 0.717) is 29.3 Å². The predicted molar refractivity (Wildman–Crippen MR) is 91.4 cm³/mol. The van der Waals surface area contributed by atoms with E-state index in [4.69, 9.17) is 10.5 Å². The normalized spacial score (nSPS) is 10.4. The summed E-state index contributed by atoms with van der Waals surface area (Å²) in [7, 11) is 1.56. The average Bonchev–Trinajstić information content (AvgIpc) is 2.81. The van der Waals surface area contributed by atoms with Crippen LogP contribution < -0.4 is 15.8 Å². The van der Waals surface area contributed by atoms with Crippen molar-refractivity contribution >= 4 is 43.7 Å². The van der Waals surface area contributed by atoms with Crippen LogP contribution in [0, 0.1) is 0 Å². The van der Waals surface area contributed by atoms with Gasteiger partial charge in [-0.1, -0.05) is 41.1 Å². The van der Waals surface area contributed by atoms with Crippen molar-refractivity contribution in [2.75, 3.05) is 18.2 Å². The Hall–Kier alpha value is -1.53. The van der Waals surface area contributed by atoms with Gasteiger partial charge in [0.25, 0.3) is 0 Å². The number of nitrogen functional groups attached to an aromatic ring is 1. The molecule has 6 heteroatoms. The lowest BCUT2D eigenvalue weighted by Gasteiger charge is -2.08. The quantitative estimate of drug-likeness (QED) is 0.745. The molecule has 0 aliphatic carbocycles. The highest BCUT2D eigenvalue weighted by Crippen LogP contribution is 2.43.